The smallest absolute Gasteiger partial charge is 0.193 e. The fourth-order valence-electron chi connectivity index (χ4n) is 2.17. The first kappa shape index (κ1) is 19.3. The zero-order chi connectivity index (χ0) is 15.6. The van der Waals surface area contributed by atoms with Crippen molar-refractivity contribution < 1.29 is 4.74 Å². The minimum atomic E-state index is 0. The van der Waals surface area contributed by atoms with Crippen molar-refractivity contribution in [2.45, 2.75) is 6.54 Å². The summed E-state index contributed by atoms with van der Waals surface area (Å²) in [5.41, 5.74) is 1.26. The lowest BCUT2D eigenvalue weighted by atomic mass is 10.2. The Balaban J connectivity index is 0.00000264. The largest absolute Gasteiger partial charge is 0.492 e. The lowest BCUT2D eigenvalue weighted by Gasteiger charge is -2.22. The molecule has 2 rings (SSSR count). The van der Waals surface area contributed by atoms with Gasteiger partial charge in [-0.2, -0.15) is 0 Å². The van der Waals surface area contributed by atoms with Gasteiger partial charge < -0.3 is 15.0 Å². The third-order valence-electron chi connectivity index (χ3n) is 3.23. The number of hydrogen-bond acceptors (Lipinski definition) is 2. The first-order valence-corrected chi connectivity index (χ1v) is 7.43. The molecule has 5 heteroatoms. The second-order valence-corrected chi connectivity index (χ2v) is 4.98. The molecule has 0 atom stereocenters. The number of rotatable bonds is 6. The Morgan fingerprint density at radius 2 is 1.65 bits per heavy atom. The lowest BCUT2D eigenvalue weighted by Crippen LogP contribution is -2.40. The van der Waals surface area contributed by atoms with Crippen molar-refractivity contribution in [2.75, 3.05) is 27.2 Å². The predicted molar refractivity (Wildman–Crippen MR) is 107 cm³/mol. The highest BCUT2D eigenvalue weighted by Gasteiger charge is 2.05. The summed E-state index contributed by atoms with van der Waals surface area (Å²) in [5.74, 6) is 1.75. The molecular formula is C18H24IN3O. The van der Waals surface area contributed by atoms with Gasteiger partial charge in [0.2, 0.25) is 0 Å². The number of nitrogens with one attached hydrogen (secondary N) is 1. The van der Waals surface area contributed by atoms with E-state index in [0.717, 1.165) is 18.3 Å². The Hall–Kier alpha value is -1.76. The molecule has 0 amide bonds. The number of ether oxygens (including phenoxy) is 1. The zero-order valence-corrected chi connectivity index (χ0v) is 15.9. The summed E-state index contributed by atoms with van der Waals surface area (Å²) in [4.78, 5) is 6.40. The van der Waals surface area contributed by atoms with Gasteiger partial charge in [0.25, 0.3) is 0 Å². The van der Waals surface area contributed by atoms with Crippen molar-refractivity contribution in [2.24, 2.45) is 4.99 Å². The highest BCUT2D eigenvalue weighted by molar-refractivity contribution is 14.0. The number of hydrogen-bond donors (Lipinski definition) is 1. The third-order valence-corrected chi connectivity index (χ3v) is 3.23. The lowest BCUT2D eigenvalue weighted by molar-refractivity contribution is 0.319. The number of aliphatic imine (C=N–C) groups is 1. The highest BCUT2D eigenvalue weighted by atomic mass is 127. The van der Waals surface area contributed by atoms with Gasteiger partial charge in [-0.15, -0.1) is 24.0 Å². The van der Waals surface area contributed by atoms with E-state index in [1.807, 2.05) is 55.6 Å². The van der Waals surface area contributed by atoms with Crippen molar-refractivity contribution in [3.05, 3.63) is 66.2 Å². The van der Waals surface area contributed by atoms with Crippen LogP contribution in [-0.4, -0.2) is 38.1 Å². The summed E-state index contributed by atoms with van der Waals surface area (Å²) in [5, 5.41) is 3.31. The zero-order valence-electron chi connectivity index (χ0n) is 13.6. The van der Waals surface area contributed by atoms with Gasteiger partial charge in [0.1, 0.15) is 12.4 Å². The minimum absolute atomic E-state index is 0. The van der Waals surface area contributed by atoms with Gasteiger partial charge in [0, 0.05) is 20.6 Å². The summed E-state index contributed by atoms with van der Waals surface area (Å²) < 4.78 is 5.66. The van der Waals surface area contributed by atoms with Gasteiger partial charge in [0.15, 0.2) is 5.96 Å². The van der Waals surface area contributed by atoms with Gasteiger partial charge in [-0.1, -0.05) is 48.5 Å². The van der Waals surface area contributed by atoms with Gasteiger partial charge in [-0.25, -0.2) is 0 Å². The Morgan fingerprint density at radius 3 is 2.26 bits per heavy atom. The molecule has 0 radical (unpaired) electrons. The highest BCUT2D eigenvalue weighted by Crippen LogP contribution is 2.07. The van der Waals surface area contributed by atoms with Crippen molar-refractivity contribution in [3.8, 4) is 5.75 Å². The molecule has 124 valence electrons. The SMILES string of the molecule is CN=C(NCCOc1ccccc1)N(C)Cc1ccccc1.I. The van der Waals surface area contributed by atoms with Crippen LogP contribution in [0.5, 0.6) is 5.75 Å². The Labute approximate surface area is 155 Å². The van der Waals surface area contributed by atoms with Crippen LogP contribution < -0.4 is 10.1 Å². The van der Waals surface area contributed by atoms with E-state index in [1.54, 1.807) is 7.05 Å². The van der Waals surface area contributed by atoms with Gasteiger partial charge in [-0.05, 0) is 17.7 Å². The first-order valence-electron chi connectivity index (χ1n) is 7.43. The molecule has 0 aliphatic heterocycles. The molecule has 23 heavy (non-hydrogen) atoms. The fourth-order valence-corrected chi connectivity index (χ4v) is 2.17. The first-order chi connectivity index (χ1) is 10.8. The monoisotopic (exact) mass is 425 g/mol. The molecule has 0 aromatic heterocycles. The molecule has 0 aliphatic rings. The molecule has 1 N–H and O–H groups in total. The second kappa shape index (κ2) is 10.9. The predicted octanol–water partition coefficient (Wildman–Crippen LogP) is 3.39. The van der Waals surface area contributed by atoms with Crippen LogP contribution in [0.3, 0.4) is 0 Å². The number of guanidine groups is 1. The van der Waals surface area contributed by atoms with E-state index in [2.05, 4.69) is 27.3 Å². The van der Waals surface area contributed by atoms with Gasteiger partial charge in [0.05, 0.1) is 6.54 Å². The van der Waals surface area contributed by atoms with Crippen LogP contribution >= 0.6 is 24.0 Å². The maximum absolute atomic E-state index is 5.66. The van der Waals surface area contributed by atoms with E-state index in [0.29, 0.717) is 13.2 Å². The molecule has 0 spiro atoms. The number of benzene rings is 2. The molecule has 0 aliphatic carbocycles. The standard InChI is InChI=1S/C18H23N3O.HI/c1-19-18(21(2)15-16-9-5-3-6-10-16)20-13-14-22-17-11-7-4-8-12-17;/h3-12H,13-15H2,1-2H3,(H,19,20);1H. The number of para-hydroxylation sites is 1. The molecule has 0 unspecified atom stereocenters. The molecule has 0 fully saturated rings. The molecule has 2 aromatic carbocycles. The molecule has 0 heterocycles. The second-order valence-electron chi connectivity index (χ2n) is 4.98. The van der Waals surface area contributed by atoms with Gasteiger partial charge in [-0.3, -0.25) is 4.99 Å². The van der Waals surface area contributed by atoms with Crippen LogP contribution in [0, 0.1) is 0 Å². The van der Waals surface area contributed by atoms with Crippen LogP contribution in [0.4, 0.5) is 0 Å². The van der Waals surface area contributed by atoms with Crippen molar-refractivity contribution >= 4 is 29.9 Å². The van der Waals surface area contributed by atoms with Crippen molar-refractivity contribution in [1.82, 2.24) is 10.2 Å². The van der Waals surface area contributed by atoms with Crippen LogP contribution in [-0.2, 0) is 6.54 Å². The molecule has 0 saturated heterocycles. The molecule has 0 bridgehead atoms. The van der Waals surface area contributed by atoms with Crippen molar-refractivity contribution in [1.29, 1.82) is 0 Å². The summed E-state index contributed by atoms with van der Waals surface area (Å²) in [6, 6.07) is 20.2. The molecular weight excluding hydrogens is 401 g/mol. The topological polar surface area (TPSA) is 36.9 Å². The van der Waals surface area contributed by atoms with E-state index in [4.69, 9.17) is 4.74 Å². The summed E-state index contributed by atoms with van der Waals surface area (Å²) in [6.45, 7) is 2.13. The quantitative estimate of drug-likeness (QED) is 0.334. The van der Waals surface area contributed by atoms with Crippen molar-refractivity contribution in [3.63, 3.8) is 0 Å². The van der Waals surface area contributed by atoms with Crippen LogP contribution in [0.1, 0.15) is 5.56 Å². The van der Waals surface area contributed by atoms with Gasteiger partial charge >= 0.3 is 0 Å². The number of nitrogens with zero attached hydrogens (tertiary/aromatic N) is 2. The van der Waals surface area contributed by atoms with Crippen LogP contribution in [0.25, 0.3) is 0 Å². The minimum Gasteiger partial charge on any atom is -0.492 e. The maximum atomic E-state index is 5.66. The van der Waals surface area contributed by atoms with E-state index < -0.39 is 0 Å². The summed E-state index contributed by atoms with van der Waals surface area (Å²) >= 11 is 0. The normalized spacial score (nSPS) is 10.6. The maximum Gasteiger partial charge on any atom is 0.193 e. The number of halogens is 1. The average molecular weight is 425 g/mol. The van der Waals surface area contributed by atoms with E-state index >= 15 is 0 Å². The Kier molecular flexibility index (Phi) is 9.12. The molecule has 0 saturated carbocycles. The summed E-state index contributed by atoms with van der Waals surface area (Å²) in [7, 11) is 3.82. The Morgan fingerprint density at radius 1 is 1.04 bits per heavy atom. The average Bonchev–Trinajstić information content (AvgIpc) is 2.56. The summed E-state index contributed by atoms with van der Waals surface area (Å²) in [6.07, 6.45) is 0. The molecule has 2 aromatic rings. The van der Waals surface area contributed by atoms with E-state index in [-0.39, 0.29) is 24.0 Å². The van der Waals surface area contributed by atoms with E-state index in [9.17, 15) is 0 Å². The van der Waals surface area contributed by atoms with Crippen LogP contribution in [0.2, 0.25) is 0 Å². The molecule has 4 nitrogen and oxygen atoms in total. The third kappa shape index (κ3) is 6.90. The van der Waals surface area contributed by atoms with E-state index in [1.165, 1.54) is 5.56 Å². The Bertz CT molecular complexity index is 575. The van der Waals surface area contributed by atoms with Crippen LogP contribution in [0.15, 0.2) is 65.7 Å². The fraction of sp³-hybridized carbons (Fsp3) is 0.278.